The Morgan fingerprint density at radius 3 is 1.96 bits per heavy atom. The van der Waals surface area contributed by atoms with Gasteiger partial charge in [0.1, 0.15) is 22.9 Å². The Labute approximate surface area is 298 Å². The maximum atomic E-state index is 11.6. The Balaban J connectivity index is 1.08. The van der Waals surface area contributed by atoms with Gasteiger partial charge in [-0.05, 0) is 19.3 Å². The maximum absolute atomic E-state index is 11.6. The van der Waals surface area contributed by atoms with E-state index in [0.29, 0.717) is 87.8 Å². The van der Waals surface area contributed by atoms with Gasteiger partial charge in [0, 0.05) is 60.4 Å². The van der Waals surface area contributed by atoms with E-state index in [4.69, 9.17) is 42.6 Å². The molecular formula is C35H37Cl2N7O4S. The summed E-state index contributed by atoms with van der Waals surface area (Å²) in [6, 6.07) is 11.9. The number of carbonyl (C=O) groups is 1. The average molecular weight is 723 g/mol. The zero-order valence-corrected chi connectivity index (χ0v) is 29.6. The first-order valence-electron chi connectivity index (χ1n) is 16.2. The first kappa shape index (κ1) is 34.0. The fraction of sp³-hybridized carbons (Fsp3) is 0.400. The number of rotatable bonds is 12. The van der Waals surface area contributed by atoms with Crippen LogP contribution >= 0.6 is 23.2 Å². The van der Waals surface area contributed by atoms with E-state index in [2.05, 4.69) is 25.9 Å². The summed E-state index contributed by atoms with van der Waals surface area (Å²) in [5, 5.41) is 10.8. The molecule has 1 amide bonds. The summed E-state index contributed by atoms with van der Waals surface area (Å²) in [6.07, 6.45) is 6.85. The number of amides is 1. The number of nitrogens with one attached hydrogen (secondary N) is 3. The lowest BCUT2D eigenvalue weighted by atomic mass is 9.67. The van der Waals surface area contributed by atoms with E-state index in [9.17, 15) is 9.35 Å². The smallest absolute Gasteiger partial charge is 0.237 e. The van der Waals surface area contributed by atoms with Crippen LogP contribution in [0.25, 0.3) is 33.6 Å². The molecule has 1 saturated carbocycles. The fourth-order valence-electron chi connectivity index (χ4n) is 6.94. The highest BCUT2D eigenvalue weighted by atomic mass is 35.5. The minimum absolute atomic E-state index is 0.0833. The van der Waals surface area contributed by atoms with Crippen LogP contribution in [0.3, 0.4) is 0 Å². The van der Waals surface area contributed by atoms with Crippen LogP contribution in [0.15, 0.2) is 48.8 Å². The van der Waals surface area contributed by atoms with Crippen molar-refractivity contribution >= 4 is 40.3 Å². The van der Waals surface area contributed by atoms with Crippen LogP contribution < -0.4 is 25.4 Å². The second kappa shape index (κ2) is 14.4. The molecule has 0 radical (unpaired) electrons. The molecule has 2 saturated heterocycles. The molecular weight excluding hydrogens is 685 g/mol. The second-order valence-corrected chi connectivity index (χ2v) is 15.1. The van der Waals surface area contributed by atoms with Crippen LogP contribution in [0.4, 0.5) is 0 Å². The first-order chi connectivity index (χ1) is 23.8. The number of halogens is 2. The van der Waals surface area contributed by atoms with Gasteiger partial charge < -0.3 is 30.0 Å². The van der Waals surface area contributed by atoms with Crippen LogP contribution in [0.2, 0.25) is 10.0 Å². The van der Waals surface area contributed by atoms with Gasteiger partial charge in [0.15, 0.2) is 0 Å². The fourth-order valence-corrected chi connectivity index (χ4v) is 9.34. The minimum Gasteiger partial charge on any atom is -0.616 e. The monoisotopic (exact) mass is 721 g/mol. The topological polar surface area (TPSA) is 146 Å². The van der Waals surface area contributed by atoms with Crippen LogP contribution in [0, 0.1) is 5.41 Å². The molecule has 2 aliphatic heterocycles. The average Bonchev–Trinajstić information content (AvgIpc) is 3.50. The molecule has 7 rings (SSSR count). The summed E-state index contributed by atoms with van der Waals surface area (Å²) in [4.78, 5) is 30.3. The molecule has 1 aliphatic carbocycles. The third-order valence-corrected chi connectivity index (χ3v) is 12.2. The van der Waals surface area contributed by atoms with Gasteiger partial charge in [-0.1, -0.05) is 70.8 Å². The summed E-state index contributed by atoms with van der Waals surface area (Å²) in [5.41, 5.74) is 5.62. The lowest BCUT2D eigenvalue weighted by molar-refractivity contribution is -0.119. The van der Waals surface area contributed by atoms with Crippen molar-refractivity contribution in [1.82, 2.24) is 35.9 Å². The standard InChI is InChI=1S/C35H37Cl2N7O4S/c1-47-33-28(14-38-13-20-9-10-30(45)42-20)40-15-26(43-33)24-7-3-5-22(31(24)36)23-6-4-8-25(32(23)37)27-16-41-29(34(44-27)48-2)17-39-21-11-35(12-21)18-49(46)19-35/h3-8,15-16,20-21,38-39H,9-14,17-19H2,1-2H3,(H,42,45)/t20-,21?,35?,49?/m0/s1. The predicted molar refractivity (Wildman–Crippen MR) is 190 cm³/mol. The lowest BCUT2D eigenvalue weighted by Gasteiger charge is -2.52. The molecule has 0 unspecified atom stereocenters. The molecule has 0 bridgehead atoms. The Hall–Kier alpha value is -3.52. The summed E-state index contributed by atoms with van der Waals surface area (Å²) in [6.45, 7) is 1.61. The molecule has 3 N–H and O–H groups in total. The Kier molecular flexibility index (Phi) is 9.96. The number of carbonyl (C=O) groups excluding carboxylic acids is 1. The highest BCUT2D eigenvalue weighted by Gasteiger charge is 2.56. The van der Waals surface area contributed by atoms with Crippen molar-refractivity contribution in [3.05, 3.63) is 70.2 Å². The number of hydrogen-bond donors (Lipinski definition) is 3. The van der Waals surface area contributed by atoms with Crippen molar-refractivity contribution in [3.8, 4) is 45.4 Å². The number of nitrogens with zero attached hydrogens (tertiary/aromatic N) is 4. The maximum Gasteiger partial charge on any atom is 0.237 e. The molecule has 14 heteroatoms. The molecule has 3 aliphatic rings. The normalized spacial score (nSPS) is 22.8. The lowest BCUT2D eigenvalue weighted by Crippen LogP contribution is -2.61. The van der Waals surface area contributed by atoms with Crippen LogP contribution in [0.1, 0.15) is 37.1 Å². The SMILES string of the molecule is COc1nc(-c2cccc(-c3cccc(-c4cnc(CNC5CC6(C5)C[S+]([O-])C6)c(OC)n4)c3Cl)c2Cl)cnc1CNC[C@@H]1CCC(=O)N1. The zero-order chi connectivity index (χ0) is 34.1. The summed E-state index contributed by atoms with van der Waals surface area (Å²) in [7, 11) is 3.14. The predicted octanol–water partition coefficient (Wildman–Crippen LogP) is 4.96. The number of hydrogen-bond acceptors (Lipinski definition) is 10. The van der Waals surface area contributed by atoms with Crippen LogP contribution in [-0.2, 0) is 29.1 Å². The molecule has 4 heterocycles. The van der Waals surface area contributed by atoms with Gasteiger partial charge in [-0.2, -0.15) is 0 Å². The molecule has 1 atom stereocenters. The molecule has 256 valence electrons. The molecule has 49 heavy (non-hydrogen) atoms. The van der Waals surface area contributed by atoms with Crippen molar-refractivity contribution in [2.24, 2.45) is 5.41 Å². The third kappa shape index (κ3) is 7.08. The van der Waals surface area contributed by atoms with Crippen molar-refractivity contribution in [2.45, 2.75) is 50.9 Å². The van der Waals surface area contributed by atoms with Gasteiger partial charge in [-0.3, -0.25) is 14.8 Å². The van der Waals surface area contributed by atoms with E-state index in [1.54, 1.807) is 26.6 Å². The Bertz CT molecular complexity index is 1870. The molecule has 1 spiro atoms. The van der Waals surface area contributed by atoms with Crippen molar-refractivity contribution < 1.29 is 18.8 Å². The van der Waals surface area contributed by atoms with E-state index in [-0.39, 0.29) is 17.4 Å². The number of methoxy groups -OCH3 is 2. The van der Waals surface area contributed by atoms with Gasteiger partial charge in [-0.25, -0.2) is 9.97 Å². The summed E-state index contributed by atoms with van der Waals surface area (Å²) in [5.74, 6) is 2.57. The third-order valence-electron chi connectivity index (χ3n) is 9.47. The van der Waals surface area contributed by atoms with Crippen LogP contribution in [-0.4, -0.2) is 74.7 Å². The quantitative estimate of drug-likeness (QED) is 0.172. The van der Waals surface area contributed by atoms with Gasteiger partial charge >= 0.3 is 0 Å². The van der Waals surface area contributed by atoms with E-state index in [1.807, 2.05) is 36.4 Å². The zero-order valence-electron chi connectivity index (χ0n) is 27.2. The second-order valence-electron chi connectivity index (χ2n) is 12.9. The Morgan fingerprint density at radius 2 is 1.45 bits per heavy atom. The van der Waals surface area contributed by atoms with Gasteiger partial charge in [0.05, 0.1) is 53.5 Å². The molecule has 3 fully saturated rings. The van der Waals surface area contributed by atoms with Gasteiger partial charge in [-0.15, -0.1) is 0 Å². The van der Waals surface area contributed by atoms with E-state index in [0.717, 1.165) is 41.9 Å². The van der Waals surface area contributed by atoms with Gasteiger partial charge in [0.25, 0.3) is 0 Å². The number of aromatic nitrogens is 4. The molecule has 2 aromatic heterocycles. The first-order valence-corrected chi connectivity index (χ1v) is 18.5. The largest absolute Gasteiger partial charge is 0.616 e. The van der Waals surface area contributed by atoms with E-state index < -0.39 is 11.2 Å². The summed E-state index contributed by atoms with van der Waals surface area (Å²) >= 11 is 13.5. The van der Waals surface area contributed by atoms with Crippen molar-refractivity contribution in [2.75, 3.05) is 32.3 Å². The van der Waals surface area contributed by atoms with Crippen molar-refractivity contribution in [3.63, 3.8) is 0 Å². The van der Waals surface area contributed by atoms with Crippen molar-refractivity contribution in [1.29, 1.82) is 0 Å². The van der Waals surface area contributed by atoms with Crippen LogP contribution in [0.5, 0.6) is 11.8 Å². The highest BCUT2D eigenvalue weighted by Crippen LogP contribution is 2.50. The Morgan fingerprint density at radius 1 is 0.898 bits per heavy atom. The number of benzene rings is 2. The highest BCUT2D eigenvalue weighted by molar-refractivity contribution is 7.92. The number of ether oxygens (including phenoxy) is 2. The molecule has 2 aromatic carbocycles. The van der Waals surface area contributed by atoms with E-state index in [1.165, 1.54) is 0 Å². The van der Waals surface area contributed by atoms with Gasteiger partial charge in [0.2, 0.25) is 17.7 Å². The summed E-state index contributed by atoms with van der Waals surface area (Å²) < 4.78 is 22.8. The minimum atomic E-state index is -0.632. The van der Waals surface area contributed by atoms with E-state index >= 15 is 0 Å². The molecule has 11 nitrogen and oxygen atoms in total. The molecule has 4 aromatic rings.